The number of rotatable bonds is 7. The van der Waals surface area contributed by atoms with Gasteiger partial charge in [0, 0.05) is 34.9 Å². The van der Waals surface area contributed by atoms with Gasteiger partial charge in [-0.05, 0) is 55.0 Å². The van der Waals surface area contributed by atoms with Gasteiger partial charge < -0.3 is 10.1 Å². The highest BCUT2D eigenvalue weighted by Crippen LogP contribution is 2.25. The fourth-order valence-corrected chi connectivity index (χ4v) is 3.08. The van der Waals surface area contributed by atoms with Crippen LogP contribution in [0.2, 0.25) is 5.02 Å². The van der Waals surface area contributed by atoms with E-state index in [1.165, 1.54) is 0 Å². The highest BCUT2D eigenvalue weighted by Gasteiger charge is 2.10. The molecule has 0 radical (unpaired) electrons. The van der Waals surface area contributed by atoms with Gasteiger partial charge in [0.2, 0.25) is 0 Å². The first-order valence-electron chi connectivity index (χ1n) is 9.54. The van der Waals surface area contributed by atoms with E-state index in [1.54, 1.807) is 24.5 Å². The van der Waals surface area contributed by atoms with Gasteiger partial charge in [0.05, 0.1) is 17.7 Å². The van der Waals surface area contributed by atoms with Crippen LogP contribution in [0.3, 0.4) is 0 Å². The monoisotopic (exact) mass is 454 g/mol. The van der Waals surface area contributed by atoms with E-state index in [-0.39, 0.29) is 18.4 Å². The van der Waals surface area contributed by atoms with Crippen molar-refractivity contribution in [1.29, 1.82) is 0 Å². The molecule has 158 valence electrons. The summed E-state index contributed by atoms with van der Waals surface area (Å²) in [5.41, 5.74) is 2.23. The predicted molar refractivity (Wildman–Crippen MR) is 125 cm³/mol. The van der Waals surface area contributed by atoms with E-state index in [0.29, 0.717) is 36.0 Å². The molecular formula is C23H20Cl2N4O2. The Kier molecular flexibility index (Phi) is 7.76. The molecule has 6 nitrogen and oxygen atoms in total. The average Bonchev–Trinajstić information content (AvgIpc) is 2.79. The number of para-hydroxylation sites is 1. The molecule has 0 aliphatic carbocycles. The Morgan fingerprint density at radius 1 is 0.968 bits per heavy atom. The van der Waals surface area contributed by atoms with Crippen LogP contribution in [-0.4, -0.2) is 34.1 Å². The summed E-state index contributed by atoms with van der Waals surface area (Å²) in [5.74, 6) is 1.01. The molecule has 0 unspecified atom stereocenters. The van der Waals surface area contributed by atoms with E-state index < -0.39 is 0 Å². The number of carbonyl (C=O) groups is 1. The molecule has 4 aromatic rings. The molecule has 0 fully saturated rings. The largest absolute Gasteiger partial charge is 0.462 e. The van der Waals surface area contributed by atoms with Crippen molar-refractivity contribution in [2.24, 2.45) is 0 Å². The Morgan fingerprint density at radius 3 is 2.48 bits per heavy atom. The molecule has 2 aromatic carbocycles. The van der Waals surface area contributed by atoms with Crippen molar-refractivity contribution in [3.05, 3.63) is 83.6 Å². The summed E-state index contributed by atoms with van der Waals surface area (Å²) in [5, 5.41) is 4.94. The van der Waals surface area contributed by atoms with E-state index >= 15 is 0 Å². The second-order valence-electron chi connectivity index (χ2n) is 6.57. The van der Waals surface area contributed by atoms with E-state index in [4.69, 9.17) is 21.3 Å². The SMILES string of the molecule is Cl.O=C(OCCCNc1nc(-c2ccc(Cl)cc2)nc2ccccc12)c1ccncc1. The van der Waals surface area contributed by atoms with Crippen LogP contribution in [0.15, 0.2) is 73.1 Å². The van der Waals surface area contributed by atoms with Gasteiger partial charge in [-0.15, -0.1) is 12.4 Å². The summed E-state index contributed by atoms with van der Waals surface area (Å²) in [6, 6.07) is 18.5. The van der Waals surface area contributed by atoms with Gasteiger partial charge in [-0.25, -0.2) is 14.8 Å². The maximum Gasteiger partial charge on any atom is 0.338 e. The van der Waals surface area contributed by atoms with Gasteiger partial charge in [0.1, 0.15) is 5.82 Å². The van der Waals surface area contributed by atoms with E-state index in [1.807, 2.05) is 48.5 Å². The topological polar surface area (TPSA) is 77.0 Å². The lowest BCUT2D eigenvalue weighted by molar-refractivity contribution is 0.0503. The van der Waals surface area contributed by atoms with E-state index in [0.717, 1.165) is 22.3 Å². The van der Waals surface area contributed by atoms with Crippen molar-refractivity contribution < 1.29 is 9.53 Å². The third-order valence-corrected chi connectivity index (χ3v) is 4.72. The van der Waals surface area contributed by atoms with Gasteiger partial charge in [-0.2, -0.15) is 0 Å². The highest BCUT2D eigenvalue weighted by atomic mass is 35.5. The average molecular weight is 455 g/mol. The molecule has 4 rings (SSSR count). The number of halogens is 2. The molecule has 0 atom stereocenters. The van der Waals surface area contributed by atoms with E-state index in [9.17, 15) is 4.79 Å². The van der Waals surface area contributed by atoms with Crippen molar-refractivity contribution in [3.63, 3.8) is 0 Å². The fourth-order valence-electron chi connectivity index (χ4n) is 2.95. The third kappa shape index (κ3) is 5.69. The number of hydrogen-bond acceptors (Lipinski definition) is 6. The predicted octanol–water partition coefficient (Wildman–Crippen LogP) is 5.43. The number of aromatic nitrogens is 3. The van der Waals surface area contributed by atoms with Gasteiger partial charge in [-0.3, -0.25) is 4.98 Å². The summed E-state index contributed by atoms with van der Waals surface area (Å²) >= 11 is 5.99. The Balaban J connectivity index is 0.00000272. The summed E-state index contributed by atoms with van der Waals surface area (Å²) in [6.45, 7) is 0.909. The minimum Gasteiger partial charge on any atom is -0.462 e. The molecule has 2 aromatic heterocycles. The Morgan fingerprint density at radius 2 is 1.71 bits per heavy atom. The minimum atomic E-state index is -0.352. The van der Waals surface area contributed by atoms with Crippen LogP contribution < -0.4 is 5.32 Å². The second kappa shape index (κ2) is 10.7. The van der Waals surface area contributed by atoms with Crippen molar-refractivity contribution in [3.8, 4) is 11.4 Å². The lowest BCUT2D eigenvalue weighted by Gasteiger charge is -2.11. The number of anilines is 1. The number of ether oxygens (including phenoxy) is 1. The number of carbonyl (C=O) groups excluding carboxylic acids is 1. The summed E-state index contributed by atoms with van der Waals surface area (Å²) in [6.07, 6.45) is 3.78. The number of nitrogens with zero attached hydrogens (tertiary/aromatic N) is 3. The molecule has 0 spiro atoms. The number of nitrogens with one attached hydrogen (secondary N) is 1. The Labute approximate surface area is 191 Å². The van der Waals surface area contributed by atoms with Crippen LogP contribution in [0.4, 0.5) is 5.82 Å². The standard InChI is InChI=1S/C23H19ClN4O2.ClH/c24-18-8-6-16(7-9-18)21-27-20-5-2-1-4-19(20)22(28-21)26-12-3-15-30-23(29)17-10-13-25-14-11-17;/h1-2,4-11,13-14H,3,12,15H2,(H,26,27,28);1H. The maximum absolute atomic E-state index is 12.0. The first-order chi connectivity index (χ1) is 14.7. The molecule has 8 heteroatoms. The molecule has 0 aliphatic rings. The van der Waals surface area contributed by atoms with Gasteiger partial charge >= 0.3 is 5.97 Å². The number of esters is 1. The van der Waals surface area contributed by atoms with Crippen LogP contribution in [0.25, 0.3) is 22.3 Å². The molecule has 0 saturated heterocycles. The van der Waals surface area contributed by atoms with Gasteiger partial charge in [0.15, 0.2) is 5.82 Å². The van der Waals surface area contributed by atoms with Gasteiger partial charge in [-0.1, -0.05) is 23.7 Å². The molecule has 0 aliphatic heterocycles. The Hall–Kier alpha value is -3.22. The fraction of sp³-hybridized carbons (Fsp3) is 0.130. The van der Waals surface area contributed by atoms with Crippen LogP contribution in [0.1, 0.15) is 16.8 Å². The molecule has 31 heavy (non-hydrogen) atoms. The first kappa shape index (κ1) is 22.5. The van der Waals surface area contributed by atoms with Gasteiger partial charge in [0.25, 0.3) is 0 Å². The number of pyridine rings is 1. The zero-order valence-electron chi connectivity index (χ0n) is 16.5. The lowest BCUT2D eigenvalue weighted by atomic mass is 10.2. The molecule has 2 heterocycles. The number of fused-ring (bicyclic) bond motifs is 1. The van der Waals surface area contributed by atoms with Crippen LogP contribution in [-0.2, 0) is 4.74 Å². The molecular weight excluding hydrogens is 435 g/mol. The van der Waals surface area contributed by atoms with Crippen molar-refractivity contribution in [2.45, 2.75) is 6.42 Å². The van der Waals surface area contributed by atoms with Crippen molar-refractivity contribution in [2.75, 3.05) is 18.5 Å². The Bertz CT molecular complexity index is 1160. The van der Waals surface area contributed by atoms with Crippen LogP contribution in [0.5, 0.6) is 0 Å². The second-order valence-corrected chi connectivity index (χ2v) is 7.01. The summed E-state index contributed by atoms with van der Waals surface area (Å²) in [4.78, 5) is 25.2. The summed E-state index contributed by atoms with van der Waals surface area (Å²) in [7, 11) is 0. The molecule has 0 bridgehead atoms. The lowest BCUT2D eigenvalue weighted by Crippen LogP contribution is -2.11. The smallest absolute Gasteiger partial charge is 0.338 e. The number of benzene rings is 2. The number of hydrogen-bond donors (Lipinski definition) is 1. The zero-order chi connectivity index (χ0) is 20.8. The third-order valence-electron chi connectivity index (χ3n) is 4.47. The zero-order valence-corrected chi connectivity index (χ0v) is 18.1. The van der Waals surface area contributed by atoms with Crippen molar-refractivity contribution >= 4 is 46.7 Å². The molecule has 0 saturated carbocycles. The maximum atomic E-state index is 12.0. The summed E-state index contributed by atoms with van der Waals surface area (Å²) < 4.78 is 5.31. The van der Waals surface area contributed by atoms with E-state index in [2.05, 4.69) is 15.3 Å². The highest BCUT2D eigenvalue weighted by molar-refractivity contribution is 6.30. The first-order valence-corrected chi connectivity index (χ1v) is 9.92. The molecule has 0 amide bonds. The minimum absolute atomic E-state index is 0. The van der Waals surface area contributed by atoms with Crippen LogP contribution in [0, 0.1) is 0 Å². The quantitative estimate of drug-likeness (QED) is 0.296. The normalized spacial score (nSPS) is 10.4. The molecule has 1 N–H and O–H groups in total. The van der Waals surface area contributed by atoms with Crippen molar-refractivity contribution in [1.82, 2.24) is 15.0 Å². The van der Waals surface area contributed by atoms with Crippen LogP contribution >= 0.6 is 24.0 Å².